The molecule has 10 heteroatoms. The first-order valence-electron chi connectivity index (χ1n) is 13.6. The van der Waals surface area contributed by atoms with Crippen LogP contribution in [0.3, 0.4) is 0 Å². The quantitative estimate of drug-likeness (QED) is 0.351. The average Bonchev–Trinajstić information content (AvgIpc) is 2.96. The van der Waals surface area contributed by atoms with Crippen LogP contribution >= 0.6 is 0 Å². The number of sulfonamides is 1. The van der Waals surface area contributed by atoms with Gasteiger partial charge in [0.2, 0.25) is 21.8 Å². The van der Waals surface area contributed by atoms with Crippen LogP contribution < -0.4 is 19.1 Å². The van der Waals surface area contributed by atoms with Crippen LogP contribution in [0.15, 0.2) is 72.8 Å². The molecular weight excluding hydrogens is 542 g/mol. The molecule has 4 rings (SSSR count). The summed E-state index contributed by atoms with van der Waals surface area (Å²) in [6.45, 7) is 3.14. The molecule has 0 radical (unpaired) electrons. The van der Waals surface area contributed by atoms with E-state index in [0.717, 1.165) is 22.9 Å². The van der Waals surface area contributed by atoms with Crippen LogP contribution in [0.2, 0.25) is 0 Å². The number of hydrogen-bond donors (Lipinski definition) is 1. The molecule has 0 aromatic heterocycles. The number of hydrogen-bond acceptors (Lipinski definition) is 6. The van der Waals surface area contributed by atoms with Gasteiger partial charge in [0.1, 0.15) is 19.3 Å². The molecule has 2 amide bonds. The average molecular weight is 580 g/mol. The zero-order chi connectivity index (χ0) is 29.4. The van der Waals surface area contributed by atoms with Crippen LogP contribution in [0.25, 0.3) is 0 Å². The summed E-state index contributed by atoms with van der Waals surface area (Å²) in [6.07, 6.45) is 1.81. The first kappa shape index (κ1) is 29.9. The molecular formula is C31H37N3O6S. The van der Waals surface area contributed by atoms with Gasteiger partial charge in [-0.3, -0.25) is 13.9 Å². The van der Waals surface area contributed by atoms with Crippen LogP contribution in [0, 0.1) is 6.92 Å². The van der Waals surface area contributed by atoms with Crippen molar-refractivity contribution in [3.8, 4) is 11.5 Å². The molecule has 218 valence electrons. The van der Waals surface area contributed by atoms with Gasteiger partial charge >= 0.3 is 0 Å². The highest BCUT2D eigenvalue weighted by Gasteiger charge is 2.30. The number of fused-ring (bicyclic) bond motifs is 1. The van der Waals surface area contributed by atoms with Crippen LogP contribution in [0.1, 0.15) is 29.5 Å². The lowest BCUT2D eigenvalue weighted by Crippen LogP contribution is -2.49. The Balaban J connectivity index is 1.55. The van der Waals surface area contributed by atoms with Crippen LogP contribution in [0.5, 0.6) is 11.5 Å². The van der Waals surface area contributed by atoms with Crippen molar-refractivity contribution < 1.29 is 27.5 Å². The number of nitrogens with one attached hydrogen (secondary N) is 1. The van der Waals surface area contributed by atoms with E-state index in [2.05, 4.69) is 5.32 Å². The fourth-order valence-electron chi connectivity index (χ4n) is 4.92. The minimum atomic E-state index is -3.64. The number of carbonyl (C=O) groups excluding carboxylic acids is 2. The SMILES string of the molecule is CNC(=O)C(Cc1ccccc1)N(Cc1cccc(C)c1)C(=O)CCCN(c1ccc2c(c1)OCCO2)S(C)(=O)=O. The number of amides is 2. The van der Waals surface area contributed by atoms with Gasteiger partial charge in [-0.05, 0) is 36.6 Å². The number of aryl methyl sites for hydroxylation is 1. The molecule has 1 aliphatic heterocycles. The lowest BCUT2D eigenvalue weighted by molar-refractivity contribution is -0.141. The molecule has 1 atom stereocenters. The van der Waals surface area contributed by atoms with Gasteiger partial charge in [0.05, 0.1) is 11.9 Å². The minimum Gasteiger partial charge on any atom is -0.486 e. The predicted molar refractivity (Wildman–Crippen MR) is 159 cm³/mol. The highest BCUT2D eigenvalue weighted by Crippen LogP contribution is 2.34. The maximum absolute atomic E-state index is 13.8. The maximum Gasteiger partial charge on any atom is 0.242 e. The molecule has 0 saturated carbocycles. The second-order valence-electron chi connectivity index (χ2n) is 10.1. The van der Waals surface area contributed by atoms with Crippen LogP contribution in [-0.4, -0.2) is 64.2 Å². The van der Waals surface area contributed by atoms with Crippen molar-refractivity contribution in [2.24, 2.45) is 0 Å². The summed E-state index contributed by atoms with van der Waals surface area (Å²) in [4.78, 5) is 28.5. The Bertz CT molecular complexity index is 1460. The summed E-state index contributed by atoms with van der Waals surface area (Å²) in [7, 11) is -2.08. The van der Waals surface area contributed by atoms with Gasteiger partial charge in [0, 0.05) is 39.0 Å². The van der Waals surface area contributed by atoms with Crippen molar-refractivity contribution in [3.05, 3.63) is 89.5 Å². The van der Waals surface area contributed by atoms with Crippen molar-refractivity contribution in [3.63, 3.8) is 0 Å². The molecule has 1 heterocycles. The van der Waals surface area contributed by atoms with Crippen molar-refractivity contribution in [1.29, 1.82) is 0 Å². The third-order valence-corrected chi connectivity index (χ3v) is 8.11. The molecule has 0 spiro atoms. The molecule has 0 fully saturated rings. The van der Waals surface area contributed by atoms with Crippen molar-refractivity contribution >= 4 is 27.5 Å². The maximum atomic E-state index is 13.8. The summed E-state index contributed by atoms with van der Waals surface area (Å²) in [5, 5.41) is 2.72. The number of benzene rings is 3. The van der Waals surface area contributed by atoms with E-state index in [1.807, 2.05) is 61.5 Å². The van der Waals surface area contributed by atoms with E-state index in [-0.39, 0.29) is 37.7 Å². The molecule has 0 saturated heterocycles. The Morgan fingerprint density at radius 3 is 2.32 bits per heavy atom. The molecule has 0 bridgehead atoms. The normalized spacial score (nSPS) is 13.2. The summed E-state index contributed by atoms with van der Waals surface area (Å²) < 4.78 is 37.9. The third kappa shape index (κ3) is 8.00. The van der Waals surface area contributed by atoms with Crippen molar-refractivity contribution in [1.82, 2.24) is 10.2 Å². The van der Waals surface area contributed by atoms with Gasteiger partial charge in [-0.15, -0.1) is 0 Å². The highest BCUT2D eigenvalue weighted by molar-refractivity contribution is 7.92. The lowest BCUT2D eigenvalue weighted by Gasteiger charge is -2.32. The van der Waals surface area contributed by atoms with Gasteiger partial charge in [-0.2, -0.15) is 0 Å². The van der Waals surface area contributed by atoms with Crippen LogP contribution in [-0.2, 0) is 32.6 Å². The van der Waals surface area contributed by atoms with Crippen LogP contribution in [0.4, 0.5) is 5.69 Å². The summed E-state index contributed by atoms with van der Waals surface area (Å²) in [6, 6.07) is 21.7. The minimum absolute atomic E-state index is 0.0602. The first-order valence-corrected chi connectivity index (χ1v) is 15.5. The monoisotopic (exact) mass is 579 g/mol. The largest absolute Gasteiger partial charge is 0.486 e. The first-order chi connectivity index (χ1) is 19.7. The smallest absolute Gasteiger partial charge is 0.242 e. The van der Waals surface area contributed by atoms with Gasteiger partial charge in [0.25, 0.3) is 0 Å². The molecule has 1 N–H and O–H groups in total. The molecule has 1 aliphatic rings. The number of nitrogens with zero attached hydrogens (tertiary/aromatic N) is 2. The molecule has 41 heavy (non-hydrogen) atoms. The number of anilines is 1. The van der Waals surface area contributed by atoms with Gasteiger partial charge in [-0.1, -0.05) is 60.2 Å². The second kappa shape index (κ2) is 13.5. The highest BCUT2D eigenvalue weighted by atomic mass is 32.2. The fraction of sp³-hybridized carbons (Fsp3) is 0.355. The number of rotatable bonds is 12. The lowest BCUT2D eigenvalue weighted by atomic mass is 10.0. The van der Waals surface area contributed by atoms with E-state index in [9.17, 15) is 18.0 Å². The van der Waals surface area contributed by atoms with Gasteiger partial charge in [-0.25, -0.2) is 8.42 Å². The van der Waals surface area contributed by atoms with E-state index >= 15 is 0 Å². The Hall–Kier alpha value is -4.05. The predicted octanol–water partition coefficient (Wildman–Crippen LogP) is 3.70. The summed E-state index contributed by atoms with van der Waals surface area (Å²) in [5.41, 5.74) is 3.34. The number of likely N-dealkylation sites (N-methyl/N-ethyl adjacent to an activating group) is 1. The van der Waals surface area contributed by atoms with E-state index < -0.39 is 16.1 Å². The van der Waals surface area contributed by atoms with Crippen molar-refractivity contribution in [2.75, 3.05) is 37.4 Å². The van der Waals surface area contributed by atoms with Gasteiger partial charge < -0.3 is 19.7 Å². The zero-order valence-corrected chi connectivity index (χ0v) is 24.5. The van der Waals surface area contributed by atoms with E-state index in [1.165, 1.54) is 4.31 Å². The third-order valence-electron chi connectivity index (χ3n) is 6.92. The Morgan fingerprint density at radius 2 is 1.63 bits per heavy atom. The molecule has 1 unspecified atom stereocenters. The van der Waals surface area contributed by atoms with E-state index in [0.29, 0.717) is 36.8 Å². The standard InChI is InChI=1S/C31H37N3O6S/c1-23-9-7-12-25(19-23)22-33(27(31(36)32-2)20-24-10-5-4-6-11-24)30(35)13-8-16-34(41(3,37)38)26-14-15-28-29(21-26)40-18-17-39-28/h4-7,9-12,14-15,19,21,27H,8,13,16-18,20,22H2,1-3H3,(H,32,36). The number of carbonyl (C=O) groups is 2. The second-order valence-corrected chi connectivity index (χ2v) is 12.0. The fourth-order valence-corrected chi connectivity index (χ4v) is 5.88. The van der Waals surface area contributed by atoms with Gasteiger partial charge in [0.15, 0.2) is 11.5 Å². The molecule has 3 aromatic carbocycles. The van der Waals surface area contributed by atoms with E-state index in [1.54, 1.807) is 30.1 Å². The number of ether oxygens (including phenoxy) is 2. The topological polar surface area (TPSA) is 105 Å². The Kier molecular flexibility index (Phi) is 9.88. The summed E-state index contributed by atoms with van der Waals surface area (Å²) >= 11 is 0. The zero-order valence-electron chi connectivity index (χ0n) is 23.7. The Morgan fingerprint density at radius 1 is 0.927 bits per heavy atom. The molecule has 9 nitrogen and oxygen atoms in total. The van der Waals surface area contributed by atoms with Crippen molar-refractivity contribution in [2.45, 2.75) is 38.8 Å². The molecule has 0 aliphatic carbocycles. The van der Waals surface area contributed by atoms with E-state index in [4.69, 9.17) is 9.47 Å². The summed E-state index contributed by atoms with van der Waals surface area (Å²) in [5.74, 6) is 0.557. The Labute approximate surface area is 242 Å². The molecule has 3 aromatic rings.